The molecule has 1 amide bonds. The summed E-state index contributed by atoms with van der Waals surface area (Å²) in [5, 5.41) is 2.98. The second kappa shape index (κ2) is 10.0. The first kappa shape index (κ1) is 20.0. The number of halogens is 1. The highest BCUT2D eigenvalue weighted by Crippen LogP contribution is 2.35. The zero-order valence-electron chi connectivity index (χ0n) is 15.4. The molecule has 0 bridgehead atoms. The SMILES string of the molecule is COc1cc(C(=O)NCCCCN2CCC(C)CC2)cc(OC)c1Br. The van der Waals surface area contributed by atoms with Crippen molar-refractivity contribution in [1.82, 2.24) is 10.2 Å². The van der Waals surface area contributed by atoms with Crippen LogP contribution in [0.15, 0.2) is 16.6 Å². The van der Waals surface area contributed by atoms with Gasteiger partial charge in [0.15, 0.2) is 0 Å². The average Bonchev–Trinajstić information content (AvgIpc) is 2.63. The van der Waals surface area contributed by atoms with Crippen molar-refractivity contribution in [3.8, 4) is 11.5 Å². The lowest BCUT2D eigenvalue weighted by Gasteiger charge is -2.30. The molecule has 1 fully saturated rings. The van der Waals surface area contributed by atoms with Crippen molar-refractivity contribution in [1.29, 1.82) is 0 Å². The minimum absolute atomic E-state index is 0.101. The largest absolute Gasteiger partial charge is 0.495 e. The Bertz CT molecular complexity index is 547. The van der Waals surface area contributed by atoms with Crippen LogP contribution in [-0.4, -0.2) is 51.2 Å². The zero-order chi connectivity index (χ0) is 18.2. The number of benzene rings is 1. The van der Waals surface area contributed by atoms with Gasteiger partial charge in [-0.1, -0.05) is 6.92 Å². The zero-order valence-corrected chi connectivity index (χ0v) is 17.0. The van der Waals surface area contributed by atoms with Crippen molar-refractivity contribution in [2.75, 3.05) is 40.4 Å². The summed E-state index contributed by atoms with van der Waals surface area (Å²) in [6.07, 6.45) is 4.72. The summed E-state index contributed by atoms with van der Waals surface area (Å²) in [4.78, 5) is 14.9. The van der Waals surface area contributed by atoms with Crippen LogP contribution in [0, 0.1) is 5.92 Å². The number of nitrogens with one attached hydrogen (secondary N) is 1. The number of piperidine rings is 1. The van der Waals surface area contributed by atoms with Crippen molar-refractivity contribution < 1.29 is 14.3 Å². The Kier molecular flexibility index (Phi) is 8.03. The molecule has 1 aromatic rings. The molecular weight excluding hydrogens is 384 g/mol. The van der Waals surface area contributed by atoms with Crippen molar-refractivity contribution >= 4 is 21.8 Å². The normalized spacial score (nSPS) is 15.8. The highest BCUT2D eigenvalue weighted by Gasteiger charge is 2.16. The van der Waals surface area contributed by atoms with E-state index < -0.39 is 0 Å². The summed E-state index contributed by atoms with van der Waals surface area (Å²) in [6.45, 7) is 6.57. The number of amides is 1. The summed E-state index contributed by atoms with van der Waals surface area (Å²) in [5.41, 5.74) is 0.543. The summed E-state index contributed by atoms with van der Waals surface area (Å²) < 4.78 is 11.3. The second-order valence-corrected chi connectivity index (χ2v) is 7.47. The molecule has 1 aliphatic heterocycles. The number of hydrogen-bond donors (Lipinski definition) is 1. The smallest absolute Gasteiger partial charge is 0.251 e. The van der Waals surface area contributed by atoms with Gasteiger partial charge in [-0.15, -0.1) is 0 Å². The lowest BCUT2D eigenvalue weighted by Crippen LogP contribution is -2.34. The third-order valence-corrected chi connectivity index (χ3v) is 5.55. The van der Waals surface area contributed by atoms with Gasteiger partial charge in [0.2, 0.25) is 0 Å². The maximum absolute atomic E-state index is 12.3. The van der Waals surface area contributed by atoms with E-state index in [0.717, 1.165) is 25.3 Å². The number of methoxy groups -OCH3 is 2. The third kappa shape index (κ3) is 5.89. The molecule has 0 saturated carbocycles. The monoisotopic (exact) mass is 412 g/mol. The fourth-order valence-corrected chi connectivity index (χ4v) is 3.60. The molecule has 6 heteroatoms. The van der Waals surface area contributed by atoms with Crippen molar-refractivity contribution in [2.45, 2.75) is 32.6 Å². The number of unbranched alkanes of at least 4 members (excludes halogenated alkanes) is 1. The standard InChI is InChI=1S/C19H29BrN2O3/c1-14-6-10-22(11-7-14)9-5-4-8-21-19(23)15-12-16(24-2)18(20)17(13-15)25-3/h12-14H,4-11H2,1-3H3,(H,21,23). The summed E-state index contributed by atoms with van der Waals surface area (Å²) >= 11 is 3.41. The van der Waals surface area contributed by atoms with Crippen LogP contribution in [0.1, 0.15) is 43.0 Å². The first-order valence-electron chi connectivity index (χ1n) is 8.97. The third-order valence-electron chi connectivity index (χ3n) is 4.77. The minimum atomic E-state index is -0.101. The molecule has 2 rings (SSSR count). The molecule has 0 radical (unpaired) electrons. The Balaban J connectivity index is 1.75. The number of nitrogens with zero attached hydrogens (tertiary/aromatic N) is 1. The van der Waals surface area contributed by atoms with Crippen molar-refractivity contribution in [3.05, 3.63) is 22.2 Å². The van der Waals surface area contributed by atoms with Gasteiger partial charge in [-0.05, 0) is 79.3 Å². The van der Waals surface area contributed by atoms with Crippen LogP contribution >= 0.6 is 15.9 Å². The van der Waals surface area contributed by atoms with E-state index in [9.17, 15) is 4.79 Å². The van der Waals surface area contributed by atoms with Crippen molar-refractivity contribution in [2.24, 2.45) is 5.92 Å². The molecule has 1 N–H and O–H groups in total. The van der Waals surface area contributed by atoms with E-state index in [2.05, 4.69) is 33.1 Å². The molecule has 140 valence electrons. The average molecular weight is 413 g/mol. The molecule has 1 aromatic carbocycles. The number of likely N-dealkylation sites (tertiary alicyclic amines) is 1. The first-order valence-corrected chi connectivity index (χ1v) is 9.76. The molecule has 1 saturated heterocycles. The van der Waals surface area contributed by atoms with Crippen molar-refractivity contribution in [3.63, 3.8) is 0 Å². The molecular formula is C19H29BrN2O3. The number of carbonyl (C=O) groups is 1. The minimum Gasteiger partial charge on any atom is -0.495 e. The van der Waals surface area contributed by atoms with E-state index in [1.54, 1.807) is 26.4 Å². The van der Waals surface area contributed by atoms with Gasteiger partial charge in [-0.3, -0.25) is 4.79 Å². The van der Waals surface area contributed by atoms with Gasteiger partial charge < -0.3 is 19.7 Å². The van der Waals surface area contributed by atoms with Crippen LogP contribution in [-0.2, 0) is 0 Å². The topological polar surface area (TPSA) is 50.8 Å². The van der Waals surface area contributed by atoms with Crippen LogP contribution in [0.3, 0.4) is 0 Å². The number of ether oxygens (including phenoxy) is 2. The molecule has 0 spiro atoms. The van der Waals surface area contributed by atoms with E-state index in [1.807, 2.05) is 0 Å². The Morgan fingerprint density at radius 1 is 1.20 bits per heavy atom. The summed E-state index contributed by atoms with van der Waals surface area (Å²) in [7, 11) is 3.14. The van der Waals surface area contributed by atoms with Gasteiger partial charge in [0.05, 0.1) is 14.2 Å². The van der Waals surface area contributed by atoms with E-state index in [0.29, 0.717) is 28.1 Å². The fourth-order valence-electron chi connectivity index (χ4n) is 3.05. The molecule has 0 aromatic heterocycles. The number of carbonyl (C=O) groups excluding carboxylic acids is 1. The van der Waals surface area contributed by atoms with Crippen LogP contribution < -0.4 is 14.8 Å². The van der Waals surface area contributed by atoms with Crippen LogP contribution in [0.5, 0.6) is 11.5 Å². The molecule has 1 aliphatic rings. The number of hydrogen-bond acceptors (Lipinski definition) is 4. The lowest BCUT2D eigenvalue weighted by atomic mass is 9.99. The summed E-state index contributed by atoms with van der Waals surface area (Å²) in [6, 6.07) is 3.44. The highest BCUT2D eigenvalue weighted by molar-refractivity contribution is 9.10. The van der Waals surface area contributed by atoms with E-state index in [1.165, 1.54) is 25.9 Å². The maximum atomic E-state index is 12.3. The van der Waals surface area contributed by atoms with Gasteiger partial charge in [0.1, 0.15) is 16.0 Å². The predicted octanol–water partition coefficient (Wildman–Crippen LogP) is 3.71. The van der Waals surface area contributed by atoms with Crippen LogP contribution in [0.2, 0.25) is 0 Å². The Morgan fingerprint density at radius 2 is 1.80 bits per heavy atom. The molecule has 0 aliphatic carbocycles. The van der Waals surface area contributed by atoms with Gasteiger partial charge in [0.25, 0.3) is 5.91 Å². The lowest BCUT2D eigenvalue weighted by molar-refractivity contribution is 0.0951. The highest BCUT2D eigenvalue weighted by atomic mass is 79.9. The van der Waals surface area contributed by atoms with Crippen LogP contribution in [0.25, 0.3) is 0 Å². The second-order valence-electron chi connectivity index (χ2n) is 6.68. The predicted molar refractivity (Wildman–Crippen MR) is 104 cm³/mol. The van der Waals surface area contributed by atoms with E-state index in [4.69, 9.17) is 9.47 Å². The Hall–Kier alpha value is -1.27. The molecule has 25 heavy (non-hydrogen) atoms. The fraction of sp³-hybridized carbons (Fsp3) is 0.632. The van der Waals surface area contributed by atoms with E-state index in [-0.39, 0.29) is 5.91 Å². The number of rotatable bonds is 8. The quantitative estimate of drug-likeness (QED) is 0.661. The van der Waals surface area contributed by atoms with Gasteiger partial charge in [-0.25, -0.2) is 0 Å². The van der Waals surface area contributed by atoms with E-state index >= 15 is 0 Å². The van der Waals surface area contributed by atoms with Gasteiger partial charge in [0, 0.05) is 12.1 Å². The van der Waals surface area contributed by atoms with Gasteiger partial charge in [-0.2, -0.15) is 0 Å². The first-order chi connectivity index (χ1) is 12.0. The molecule has 1 heterocycles. The Morgan fingerprint density at radius 3 is 2.36 bits per heavy atom. The van der Waals surface area contributed by atoms with Crippen LogP contribution in [0.4, 0.5) is 0 Å². The van der Waals surface area contributed by atoms with Gasteiger partial charge >= 0.3 is 0 Å². The summed E-state index contributed by atoms with van der Waals surface area (Å²) in [5.74, 6) is 1.94. The molecule has 5 nitrogen and oxygen atoms in total. The Labute approximate surface area is 159 Å². The molecule has 0 unspecified atom stereocenters. The maximum Gasteiger partial charge on any atom is 0.251 e. The molecule has 0 atom stereocenters.